The van der Waals surface area contributed by atoms with Gasteiger partial charge in [-0.3, -0.25) is 4.99 Å². The van der Waals surface area contributed by atoms with Crippen LogP contribution < -0.4 is 4.74 Å². The van der Waals surface area contributed by atoms with Gasteiger partial charge < -0.3 is 4.74 Å². The van der Waals surface area contributed by atoms with Crippen molar-refractivity contribution in [3.05, 3.63) is 83.6 Å². The van der Waals surface area contributed by atoms with E-state index in [0.29, 0.717) is 23.9 Å². The Labute approximate surface area is 174 Å². The molecule has 0 saturated heterocycles. The van der Waals surface area contributed by atoms with Crippen molar-refractivity contribution in [2.75, 3.05) is 6.61 Å². The van der Waals surface area contributed by atoms with Crippen LogP contribution in [0, 0.1) is 17.6 Å². The molecule has 2 heterocycles. The van der Waals surface area contributed by atoms with Gasteiger partial charge in [0.15, 0.2) is 0 Å². The summed E-state index contributed by atoms with van der Waals surface area (Å²) in [5.41, 5.74) is 3.63. The third kappa shape index (κ3) is 3.97. The molecule has 3 aromatic rings. The third-order valence-electron chi connectivity index (χ3n) is 5.75. The minimum absolute atomic E-state index is 0.00619. The summed E-state index contributed by atoms with van der Waals surface area (Å²) in [6.45, 7) is 0.752. The molecule has 2 aromatic carbocycles. The maximum atomic E-state index is 14.1. The highest BCUT2D eigenvalue weighted by Gasteiger charge is 2.24. The van der Waals surface area contributed by atoms with Crippen molar-refractivity contribution in [1.29, 1.82) is 0 Å². The van der Waals surface area contributed by atoms with Gasteiger partial charge in [0.1, 0.15) is 11.6 Å². The van der Waals surface area contributed by atoms with E-state index in [9.17, 15) is 8.78 Å². The highest BCUT2D eigenvalue weighted by molar-refractivity contribution is 6.02. The quantitative estimate of drug-likeness (QED) is 0.495. The number of rotatable bonds is 6. The highest BCUT2D eigenvalue weighted by atomic mass is 19.1. The van der Waals surface area contributed by atoms with Gasteiger partial charge in [-0.05, 0) is 60.9 Å². The van der Waals surface area contributed by atoms with E-state index in [0.717, 1.165) is 29.7 Å². The van der Waals surface area contributed by atoms with Crippen molar-refractivity contribution in [2.45, 2.75) is 31.7 Å². The Morgan fingerprint density at radius 3 is 2.27 bits per heavy atom. The summed E-state index contributed by atoms with van der Waals surface area (Å²) in [6, 6.07) is 15.9. The predicted molar refractivity (Wildman–Crippen MR) is 113 cm³/mol. The van der Waals surface area contributed by atoms with E-state index in [4.69, 9.17) is 4.74 Å². The molecule has 0 radical (unpaired) electrons. The molecule has 0 amide bonds. The van der Waals surface area contributed by atoms with Crippen molar-refractivity contribution in [1.82, 2.24) is 4.98 Å². The fourth-order valence-electron chi connectivity index (χ4n) is 3.82. The maximum Gasteiger partial charge on any atom is 0.213 e. The van der Waals surface area contributed by atoms with Gasteiger partial charge >= 0.3 is 0 Å². The number of pyridine rings is 1. The first-order valence-corrected chi connectivity index (χ1v) is 10.4. The van der Waals surface area contributed by atoms with Crippen LogP contribution in [-0.4, -0.2) is 17.3 Å². The van der Waals surface area contributed by atoms with E-state index >= 15 is 0 Å². The molecule has 0 unspecified atom stereocenters. The standard InChI is InChI=1S/C25H22F2N2O/c26-20-2-1-3-21(27)25(20)23-12-11-22(29-23)18-8-6-17(7-9-18)19-10-13-24(28-14-19)30-15-16-4-5-16/h1-3,6-10,13-14,16,22H,4-5,11-12,15H2/t22-/m1/s1. The molecular formula is C25H22F2N2O. The Hall–Kier alpha value is -3.08. The summed E-state index contributed by atoms with van der Waals surface area (Å²) in [5.74, 6) is 0.256. The van der Waals surface area contributed by atoms with Crippen LogP contribution in [0.15, 0.2) is 65.8 Å². The minimum atomic E-state index is -0.554. The van der Waals surface area contributed by atoms with Crippen LogP contribution in [0.5, 0.6) is 5.88 Å². The van der Waals surface area contributed by atoms with Gasteiger partial charge in [0.05, 0.1) is 18.2 Å². The van der Waals surface area contributed by atoms with E-state index < -0.39 is 11.6 Å². The fraction of sp³-hybridized carbons (Fsp3) is 0.280. The largest absolute Gasteiger partial charge is 0.477 e. The number of ether oxygens (including phenoxy) is 1. The molecule has 1 saturated carbocycles. The van der Waals surface area contributed by atoms with Crippen LogP contribution in [0.3, 0.4) is 0 Å². The number of benzene rings is 2. The van der Waals surface area contributed by atoms with E-state index in [2.05, 4.69) is 9.98 Å². The zero-order valence-corrected chi connectivity index (χ0v) is 16.5. The predicted octanol–water partition coefficient (Wildman–Crippen LogP) is 6.14. The first-order valence-electron chi connectivity index (χ1n) is 10.4. The second-order valence-electron chi connectivity index (χ2n) is 7.99. The van der Waals surface area contributed by atoms with Gasteiger partial charge in [0.2, 0.25) is 5.88 Å². The molecular weight excluding hydrogens is 382 g/mol. The molecule has 1 fully saturated rings. The molecule has 1 aliphatic carbocycles. The van der Waals surface area contributed by atoms with E-state index in [1.807, 2.05) is 42.6 Å². The Balaban J connectivity index is 1.30. The van der Waals surface area contributed by atoms with Gasteiger partial charge in [-0.15, -0.1) is 0 Å². The summed E-state index contributed by atoms with van der Waals surface area (Å²) < 4.78 is 33.8. The zero-order chi connectivity index (χ0) is 20.5. The second-order valence-corrected chi connectivity index (χ2v) is 7.99. The number of hydrogen-bond donors (Lipinski definition) is 0. The van der Waals surface area contributed by atoms with Crippen molar-refractivity contribution in [3.8, 4) is 17.0 Å². The average molecular weight is 404 g/mol. The highest BCUT2D eigenvalue weighted by Crippen LogP contribution is 2.34. The molecule has 1 atom stereocenters. The molecule has 5 heteroatoms. The number of hydrogen-bond acceptors (Lipinski definition) is 3. The van der Waals surface area contributed by atoms with Crippen LogP contribution in [0.1, 0.15) is 42.9 Å². The maximum absolute atomic E-state index is 14.1. The van der Waals surface area contributed by atoms with Crippen LogP contribution >= 0.6 is 0 Å². The summed E-state index contributed by atoms with van der Waals surface area (Å²) in [4.78, 5) is 9.01. The molecule has 1 aliphatic heterocycles. The molecule has 0 spiro atoms. The summed E-state index contributed by atoms with van der Waals surface area (Å²) in [6.07, 6.45) is 5.65. The van der Waals surface area contributed by atoms with Crippen LogP contribution in [0.4, 0.5) is 8.78 Å². The summed E-state index contributed by atoms with van der Waals surface area (Å²) >= 11 is 0. The smallest absolute Gasteiger partial charge is 0.213 e. The molecule has 3 nitrogen and oxygen atoms in total. The van der Waals surface area contributed by atoms with Crippen molar-refractivity contribution >= 4 is 5.71 Å². The van der Waals surface area contributed by atoms with Gasteiger partial charge in [-0.1, -0.05) is 30.3 Å². The van der Waals surface area contributed by atoms with Crippen molar-refractivity contribution in [3.63, 3.8) is 0 Å². The summed E-state index contributed by atoms with van der Waals surface area (Å²) in [5, 5.41) is 0. The number of nitrogens with zero attached hydrogens (tertiary/aromatic N) is 2. The van der Waals surface area contributed by atoms with Gasteiger partial charge in [-0.2, -0.15) is 0 Å². The second kappa shape index (κ2) is 7.98. The number of halogens is 2. The van der Waals surface area contributed by atoms with Crippen molar-refractivity contribution in [2.24, 2.45) is 10.9 Å². The Morgan fingerprint density at radius 2 is 1.60 bits per heavy atom. The SMILES string of the molecule is Fc1cccc(F)c1C1=N[C@@H](c2ccc(-c3ccc(OCC4CC4)nc3)cc2)CC1. The molecule has 0 N–H and O–H groups in total. The first-order chi connectivity index (χ1) is 14.7. The monoisotopic (exact) mass is 404 g/mol. The van der Waals surface area contributed by atoms with Gasteiger partial charge in [0.25, 0.3) is 0 Å². The van der Waals surface area contributed by atoms with E-state index in [-0.39, 0.29) is 11.6 Å². The Morgan fingerprint density at radius 1 is 0.867 bits per heavy atom. The lowest BCUT2D eigenvalue weighted by atomic mass is 10.00. The molecule has 30 heavy (non-hydrogen) atoms. The van der Waals surface area contributed by atoms with Crippen LogP contribution in [0.25, 0.3) is 11.1 Å². The Bertz CT molecular complexity index is 1050. The van der Waals surface area contributed by atoms with Gasteiger partial charge in [0, 0.05) is 23.5 Å². The first kappa shape index (κ1) is 18.9. The molecule has 2 aliphatic rings. The van der Waals surface area contributed by atoms with Crippen LogP contribution in [0.2, 0.25) is 0 Å². The number of aliphatic imine (C=N–C) groups is 1. The van der Waals surface area contributed by atoms with E-state index in [1.54, 1.807) is 0 Å². The van der Waals surface area contributed by atoms with E-state index in [1.165, 1.54) is 31.0 Å². The lowest BCUT2D eigenvalue weighted by Gasteiger charge is -2.09. The molecule has 5 rings (SSSR count). The van der Waals surface area contributed by atoms with Crippen molar-refractivity contribution < 1.29 is 13.5 Å². The third-order valence-corrected chi connectivity index (χ3v) is 5.75. The van der Waals surface area contributed by atoms with Crippen LogP contribution in [-0.2, 0) is 0 Å². The lowest BCUT2D eigenvalue weighted by Crippen LogP contribution is -2.03. The normalized spacial score (nSPS) is 18.3. The summed E-state index contributed by atoms with van der Waals surface area (Å²) in [7, 11) is 0. The zero-order valence-electron chi connectivity index (χ0n) is 16.5. The molecule has 0 bridgehead atoms. The molecule has 152 valence electrons. The average Bonchev–Trinajstić information content (AvgIpc) is 3.48. The number of aromatic nitrogens is 1. The fourth-order valence-corrected chi connectivity index (χ4v) is 3.82. The van der Waals surface area contributed by atoms with Gasteiger partial charge in [-0.25, -0.2) is 13.8 Å². The Kier molecular flexibility index (Phi) is 5.03. The topological polar surface area (TPSA) is 34.5 Å². The molecule has 1 aromatic heterocycles. The minimum Gasteiger partial charge on any atom is -0.477 e. The lowest BCUT2D eigenvalue weighted by molar-refractivity contribution is 0.288.